The van der Waals surface area contributed by atoms with Gasteiger partial charge in [0.1, 0.15) is 11.5 Å². The number of nitrogens with zero attached hydrogens (tertiary/aromatic N) is 2. The predicted octanol–water partition coefficient (Wildman–Crippen LogP) is 6.93. The van der Waals surface area contributed by atoms with E-state index >= 15 is 0 Å². The zero-order chi connectivity index (χ0) is 25.1. The summed E-state index contributed by atoms with van der Waals surface area (Å²) in [6, 6.07) is 10.8. The molecule has 2 heterocycles. The maximum Gasteiger partial charge on any atom is 0.430 e. The number of benzene rings is 2. The third kappa shape index (κ3) is 3.94. The molecular formula is C23H17ClF6N2O2. The number of alkyl halides is 6. The Hall–Kier alpha value is -2.98. The van der Waals surface area contributed by atoms with Crippen LogP contribution in [0.4, 0.5) is 26.3 Å². The Morgan fingerprint density at radius 1 is 0.971 bits per heavy atom. The van der Waals surface area contributed by atoms with Crippen molar-refractivity contribution < 1.29 is 35.9 Å². The van der Waals surface area contributed by atoms with Crippen LogP contribution < -0.4 is 0 Å². The third-order valence-electron chi connectivity index (χ3n) is 5.62. The lowest BCUT2D eigenvalue weighted by Crippen LogP contribution is -2.53. The van der Waals surface area contributed by atoms with Gasteiger partial charge >= 0.3 is 12.4 Å². The van der Waals surface area contributed by atoms with Gasteiger partial charge in [0.15, 0.2) is 0 Å². The molecule has 2 aromatic heterocycles. The number of aromatic nitrogens is 2. The Bertz CT molecular complexity index is 1360. The van der Waals surface area contributed by atoms with E-state index in [0.29, 0.717) is 51.3 Å². The van der Waals surface area contributed by atoms with Gasteiger partial charge in [-0.3, -0.25) is 0 Å². The summed E-state index contributed by atoms with van der Waals surface area (Å²) < 4.78 is 87.0. The summed E-state index contributed by atoms with van der Waals surface area (Å²) in [7, 11) is 0. The lowest BCUT2D eigenvalue weighted by atomic mass is 9.91. The van der Waals surface area contributed by atoms with E-state index in [2.05, 4.69) is 4.98 Å². The summed E-state index contributed by atoms with van der Waals surface area (Å²) in [5.41, 5.74) is -4.17. The Balaban J connectivity index is 1.75. The van der Waals surface area contributed by atoms with Crippen molar-refractivity contribution in [2.45, 2.75) is 38.3 Å². The van der Waals surface area contributed by atoms with Crippen LogP contribution in [0.2, 0.25) is 5.02 Å². The van der Waals surface area contributed by atoms with Crippen molar-refractivity contribution in [3.8, 4) is 11.5 Å². The van der Waals surface area contributed by atoms with Crippen molar-refractivity contribution in [2.75, 3.05) is 0 Å². The van der Waals surface area contributed by atoms with Crippen LogP contribution in [0, 0.1) is 13.8 Å². The minimum absolute atomic E-state index is 0.109. The molecule has 4 rings (SSSR count). The Morgan fingerprint density at radius 3 is 2.26 bits per heavy atom. The molecule has 34 heavy (non-hydrogen) atoms. The summed E-state index contributed by atoms with van der Waals surface area (Å²) in [6.07, 6.45) is -11.9. The molecule has 1 N–H and O–H groups in total. The van der Waals surface area contributed by atoms with Crippen LogP contribution in [-0.4, -0.2) is 27.0 Å². The average molecular weight is 503 g/mol. The van der Waals surface area contributed by atoms with Crippen LogP contribution in [0.3, 0.4) is 0 Å². The number of hydrogen-bond donors (Lipinski definition) is 1. The molecule has 2 aromatic carbocycles. The van der Waals surface area contributed by atoms with Gasteiger partial charge in [-0.05, 0) is 50.2 Å². The molecule has 0 amide bonds. The van der Waals surface area contributed by atoms with E-state index in [0.717, 1.165) is 6.07 Å². The molecular weight excluding hydrogens is 486 g/mol. The molecule has 0 bridgehead atoms. The van der Waals surface area contributed by atoms with E-state index < -0.39 is 23.5 Å². The van der Waals surface area contributed by atoms with Crippen molar-refractivity contribution in [1.29, 1.82) is 0 Å². The number of aryl methyl sites for hydroxylation is 2. The van der Waals surface area contributed by atoms with Crippen LogP contribution >= 0.6 is 11.6 Å². The molecule has 0 atom stereocenters. The molecule has 0 aliphatic heterocycles. The molecule has 0 radical (unpaired) electrons. The average Bonchev–Trinajstić information content (AvgIpc) is 3.25. The van der Waals surface area contributed by atoms with Crippen LogP contribution in [0.15, 0.2) is 52.9 Å². The fraction of sp³-hybridized carbons (Fsp3) is 0.261. The van der Waals surface area contributed by atoms with Gasteiger partial charge in [0, 0.05) is 32.7 Å². The Kier molecular flexibility index (Phi) is 5.72. The smallest absolute Gasteiger partial charge is 0.430 e. The first-order valence-corrected chi connectivity index (χ1v) is 10.3. The first-order chi connectivity index (χ1) is 15.7. The molecule has 0 unspecified atom stereocenters. The summed E-state index contributed by atoms with van der Waals surface area (Å²) >= 11 is 6.01. The molecule has 11 heteroatoms. The summed E-state index contributed by atoms with van der Waals surface area (Å²) in [6.45, 7) is 3.52. The fourth-order valence-corrected chi connectivity index (χ4v) is 3.99. The summed E-state index contributed by atoms with van der Waals surface area (Å²) in [5.74, 6) is 0.822. The number of aliphatic hydroxyl groups is 1. The van der Waals surface area contributed by atoms with Gasteiger partial charge in [0.2, 0.25) is 5.89 Å². The topological polar surface area (TPSA) is 51.2 Å². The third-order valence-corrected chi connectivity index (χ3v) is 5.85. The number of fused-ring (bicyclic) bond motifs is 1. The number of oxazole rings is 1. The van der Waals surface area contributed by atoms with Gasteiger partial charge in [-0.15, -0.1) is 0 Å². The monoisotopic (exact) mass is 502 g/mol. The number of rotatable bonds is 4. The maximum absolute atomic E-state index is 13.3. The predicted molar refractivity (Wildman–Crippen MR) is 113 cm³/mol. The van der Waals surface area contributed by atoms with E-state index in [1.807, 2.05) is 0 Å². The largest absolute Gasteiger partial charge is 0.441 e. The summed E-state index contributed by atoms with van der Waals surface area (Å²) in [5, 5.41) is 10.3. The van der Waals surface area contributed by atoms with Crippen LogP contribution in [0.1, 0.15) is 22.7 Å². The quantitative estimate of drug-likeness (QED) is 0.308. The zero-order valence-electron chi connectivity index (χ0n) is 17.7. The summed E-state index contributed by atoms with van der Waals surface area (Å²) in [4.78, 5) is 4.48. The van der Waals surface area contributed by atoms with Gasteiger partial charge in [0.05, 0.1) is 6.54 Å². The van der Waals surface area contributed by atoms with Gasteiger partial charge in [-0.25, -0.2) is 4.98 Å². The van der Waals surface area contributed by atoms with Gasteiger partial charge in [0.25, 0.3) is 5.60 Å². The second-order valence-electron chi connectivity index (χ2n) is 7.88. The fourth-order valence-electron chi connectivity index (χ4n) is 3.80. The lowest BCUT2D eigenvalue weighted by Gasteiger charge is -2.32. The minimum atomic E-state index is -5.95. The first kappa shape index (κ1) is 24.2. The van der Waals surface area contributed by atoms with Gasteiger partial charge in [-0.1, -0.05) is 23.7 Å². The van der Waals surface area contributed by atoms with Crippen molar-refractivity contribution in [1.82, 2.24) is 9.55 Å². The van der Waals surface area contributed by atoms with E-state index in [-0.39, 0.29) is 11.9 Å². The highest BCUT2D eigenvalue weighted by Crippen LogP contribution is 2.50. The van der Waals surface area contributed by atoms with E-state index in [9.17, 15) is 31.4 Å². The molecule has 0 aliphatic rings. The van der Waals surface area contributed by atoms with E-state index in [1.54, 1.807) is 42.7 Å². The number of hydrogen-bond acceptors (Lipinski definition) is 3. The maximum atomic E-state index is 13.3. The van der Waals surface area contributed by atoms with Crippen molar-refractivity contribution in [3.05, 3.63) is 76.3 Å². The highest BCUT2D eigenvalue weighted by molar-refractivity contribution is 6.30. The van der Waals surface area contributed by atoms with Crippen molar-refractivity contribution in [2.24, 2.45) is 0 Å². The van der Waals surface area contributed by atoms with E-state index in [4.69, 9.17) is 16.0 Å². The number of halogens is 7. The molecule has 0 spiro atoms. The van der Waals surface area contributed by atoms with Gasteiger partial charge in [-0.2, -0.15) is 26.3 Å². The minimum Gasteiger partial charge on any atom is -0.441 e. The SMILES string of the molecule is Cc1oc(-c2cccc(Cl)c2)nc1Cn1c(C)cc2cc(C(O)(C(F)(F)F)C(F)(F)F)ccc21. The van der Waals surface area contributed by atoms with E-state index in [1.165, 1.54) is 6.07 Å². The molecule has 0 saturated carbocycles. The molecule has 4 aromatic rings. The Morgan fingerprint density at radius 2 is 1.65 bits per heavy atom. The lowest BCUT2D eigenvalue weighted by molar-refractivity contribution is -0.376. The first-order valence-electron chi connectivity index (χ1n) is 9.91. The zero-order valence-corrected chi connectivity index (χ0v) is 18.5. The van der Waals surface area contributed by atoms with Gasteiger partial charge < -0.3 is 14.1 Å². The molecule has 0 aliphatic carbocycles. The van der Waals surface area contributed by atoms with Crippen LogP contribution in [0.5, 0.6) is 0 Å². The van der Waals surface area contributed by atoms with Crippen molar-refractivity contribution in [3.63, 3.8) is 0 Å². The molecule has 180 valence electrons. The second-order valence-corrected chi connectivity index (χ2v) is 8.32. The highest BCUT2D eigenvalue weighted by atomic mass is 35.5. The standard InChI is InChI=1S/C23H17ClF6N2O2/c1-12-8-15-9-16(21(33,22(25,26)27)23(28,29)30)6-7-19(15)32(12)11-18-13(2)34-20(31-18)14-4-3-5-17(24)10-14/h3-10,33H,11H2,1-2H3. The second kappa shape index (κ2) is 8.06. The molecule has 4 nitrogen and oxygen atoms in total. The van der Waals surface area contributed by atoms with Crippen LogP contribution in [0.25, 0.3) is 22.4 Å². The Labute approximate surface area is 194 Å². The molecule has 0 saturated heterocycles. The van der Waals surface area contributed by atoms with Crippen LogP contribution in [-0.2, 0) is 12.1 Å². The highest BCUT2D eigenvalue weighted by Gasteiger charge is 2.71. The molecule has 0 fully saturated rings. The van der Waals surface area contributed by atoms with Crippen molar-refractivity contribution >= 4 is 22.5 Å². The normalized spacial score (nSPS) is 13.1.